The number of hydrogen-bond acceptors (Lipinski definition) is 7. The fraction of sp³-hybridized carbons (Fsp3) is 0.333. The smallest absolute Gasteiger partial charge is 0.329 e. The molecule has 0 aliphatic carbocycles. The minimum absolute atomic E-state index is 0.0597. The molecule has 3 N–H and O–H groups in total. The minimum atomic E-state index is -4.23. The maximum atomic E-state index is 15.4. The summed E-state index contributed by atoms with van der Waals surface area (Å²) in [7, 11) is -4.23. The summed E-state index contributed by atoms with van der Waals surface area (Å²) in [4.78, 5) is 52.5. The van der Waals surface area contributed by atoms with E-state index in [1.807, 2.05) is 0 Å². The van der Waals surface area contributed by atoms with Crippen LogP contribution in [-0.4, -0.2) is 65.7 Å². The Morgan fingerprint density at radius 3 is 2.28 bits per heavy atom. The molecule has 0 saturated carbocycles. The molecule has 3 aromatic carbocycles. The number of carbonyl (C=O) groups excluding carboxylic acids is 3. The summed E-state index contributed by atoms with van der Waals surface area (Å²) in [5, 5.41) is 12.8. The van der Waals surface area contributed by atoms with Crippen LogP contribution < -0.4 is 10.6 Å². The fourth-order valence-electron chi connectivity index (χ4n) is 5.34. The number of aliphatic carboxylic acids is 1. The molecule has 0 spiro atoms. The zero-order valence-corrected chi connectivity index (χ0v) is 26.6. The highest BCUT2D eigenvalue weighted by atomic mass is 32.2. The number of amides is 3. The third-order valence-corrected chi connectivity index (χ3v) is 9.70. The lowest BCUT2D eigenvalue weighted by Gasteiger charge is -2.32. The molecule has 244 valence electrons. The monoisotopic (exact) mass is 653 g/mol. The van der Waals surface area contributed by atoms with Gasteiger partial charge in [0.15, 0.2) is 9.84 Å². The van der Waals surface area contributed by atoms with Crippen molar-refractivity contribution in [2.75, 3.05) is 11.9 Å². The summed E-state index contributed by atoms with van der Waals surface area (Å²) in [5.41, 5.74) is -0.389. The van der Waals surface area contributed by atoms with Gasteiger partial charge in [0.25, 0.3) is 0 Å². The first-order valence-electron chi connectivity index (χ1n) is 14.5. The van der Waals surface area contributed by atoms with Crippen molar-refractivity contribution in [1.29, 1.82) is 0 Å². The third-order valence-electron chi connectivity index (χ3n) is 7.52. The van der Waals surface area contributed by atoms with Gasteiger partial charge in [0, 0.05) is 11.3 Å². The number of halogens is 1. The Balaban J connectivity index is 1.68. The average Bonchev–Trinajstić information content (AvgIpc) is 3.41. The van der Waals surface area contributed by atoms with Crippen LogP contribution in [0.1, 0.15) is 57.2 Å². The minimum Gasteiger partial charge on any atom is -0.481 e. The lowest BCUT2D eigenvalue weighted by Crippen LogP contribution is -2.49. The predicted octanol–water partition coefficient (Wildman–Crippen LogP) is 4.66. The van der Waals surface area contributed by atoms with E-state index in [1.165, 1.54) is 61.5 Å². The van der Waals surface area contributed by atoms with Crippen LogP contribution in [-0.2, 0) is 29.0 Å². The standard InChI is InChI=1S/C33H36FN3O8S/c1-20(30(39)40)21-11-10-12-22(17-21)36-32(42)35-19-28(38)37-26(31(41)45-33(2,3)4)18-27(29(37)24-15-8-9-16-25(24)34)46(43,44)23-13-6-5-7-14-23/h5-17,20,26-27,29H,18-19H2,1-4H3,(H,39,40)(H2,35,36,42)/t20?,26-,27+,29-/m1/s1. The molecule has 1 saturated heterocycles. The lowest BCUT2D eigenvalue weighted by atomic mass is 10.0. The van der Waals surface area contributed by atoms with Gasteiger partial charge in [-0.05, 0) is 70.0 Å². The molecule has 4 atom stereocenters. The fourth-order valence-corrected chi connectivity index (χ4v) is 7.28. The molecule has 3 amide bonds. The average molecular weight is 654 g/mol. The molecule has 13 heteroatoms. The van der Waals surface area contributed by atoms with E-state index < -0.39 is 74.9 Å². The van der Waals surface area contributed by atoms with E-state index in [0.29, 0.717) is 5.56 Å². The topological polar surface area (TPSA) is 159 Å². The summed E-state index contributed by atoms with van der Waals surface area (Å²) in [6, 6.07) is 15.4. The van der Waals surface area contributed by atoms with Crippen molar-refractivity contribution >= 4 is 39.4 Å². The highest BCUT2D eigenvalue weighted by molar-refractivity contribution is 7.92. The van der Waals surface area contributed by atoms with E-state index in [1.54, 1.807) is 39.0 Å². The molecule has 0 radical (unpaired) electrons. The van der Waals surface area contributed by atoms with Crippen molar-refractivity contribution in [3.63, 3.8) is 0 Å². The number of esters is 1. The van der Waals surface area contributed by atoms with Crippen LogP contribution in [0.25, 0.3) is 0 Å². The number of hydrogen-bond donors (Lipinski definition) is 3. The number of ether oxygens (including phenoxy) is 1. The number of nitrogens with one attached hydrogen (secondary N) is 2. The molecule has 1 fully saturated rings. The van der Waals surface area contributed by atoms with Gasteiger partial charge in [-0.25, -0.2) is 22.4 Å². The Bertz CT molecular complexity index is 1730. The third kappa shape index (κ3) is 7.71. The largest absolute Gasteiger partial charge is 0.481 e. The van der Waals surface area contributed by atoms with E-state index in [2.05, 4.69) is 10.6 Å². The van der Waals surface area contributed by atoms with Gasteiger partial charge >= 0.3 is 18.0 Å². The Kier molecular flexibility index (Phi) is 10.1. The highest BCUT2D eigenvalue weighted by Gasteiger charge is 2.54. The van der Waals surface area contributed by atoms with Gasteiger partial charge in [-0.2, -0.15) is 0 Å². The number of sulfone groups is 1. The molecule has 11 nitrogen and oxygen atoms in total. The van der Waals surface area contributed by atoms with Gasteiger partial charge in [-0.15, -0.1) is 0 Å². The van der Waals surface area contributed by atoms with Crippen LogP contribution in [0.2, 0.25) is 0 Å². The number of urea groups is 1. The van der Waals surface area contributed by atoms with Crippen molar-refractivity contribution in [3.8, 4) is 0 Å². The first-order chi connectivity index (χ1) is 21.6. The number of likely N-dealkylation sites (tertiary alicyclic amines) is 1. The van der Waals surface area contributed by atoms with Gasteiger partial charge in [0.2, 0.25) is 5.91 Å². The molecule has 46 heavy (non-hydrogen) atoms. The zero-order valence-electron chi connectivity index (χ0n) is 25.8. The normalized spacial score (nSPS) is 18.8. The Morgan fingerprint density at radius 2 is 1.65 bits per heavy atom. The van der Waals surface area contributed by atoms with E-state index >= 15 is 4.39 Å². The van der Waals surface area contributed by atoms with Crippen LogP contribution in [0.3, 0.4) is 0 Å². The van der Waals surface area contributed by atoms with Crippen LogP contribution >= 0.6 is 0 Å². The second-order valence-corrected chi connectivity index (χ2v) is 14.1. The van der Waals surface area contributed by atoms with Crippen molar-refractivity contribution < 1.29 is 41.8 Å². The van der Waals surface area contributed by atoms with Crippen LogP contribution in [0.15, 0.2) is 83.8 Å². The first-order valence-corrected chi connectivity index (χ1v) is 16.1. The molecule has 4 rings (SSSR count). The Morgan fingerprint density at radius 1 is 1.00 bits per heavy atom. The van der Waals surface area contributed by atoms with E-state index in [9.17, 15) is 32.7 Å². The molecular formula is C33H36FN3O8S. The summed E-state index contributed by atoms with van der Waals surface area (Å²) in [6.07, 6.45) is -0.377. The van der Waals surface area contributed by atoms with Gasteiger partial charge in [0.1, 0.15) is 17.5 Å². The second kappa shape index (κ2) is 13.7. The van der Waals surface area contributed by atoms with Crippen LogP contribution in [0.4, 0.5) is 14.9 Å². The van der Waals surface area contributed by atoms with Crippen LogP contribution in [0.5, 0.6) is 0 Å². The molecule has 1 unspecified atom stereocenters. The molecular weight excluding hydrogens is 617 g/mol. The Labute approximate surface area is 266 Å². The van der Waals surface area contributed by atoms with Gasteiger partial charge in [-0.1, -0.05) is 48.5 Å². The number of carboxylic acids is 1. The van der Waals surface area contributed by atoms with Gasteiger partial charge in [-0.3, -0.25) is 9.59 Å². The SMILES string of the molecule is CC(C(=O)O)c1cccc(NC(=O)NCC(=O)N2[C@@H](C(=O)OC(C)(C)C)C[C@H](S(=O)(=O)c3ccccc3)[C@H]2c2ccccc2F)c1. The van der Waals surface area contributed by atoms with E-state index in [-0.39, 0.29) is 22.6 Å². The van der Waals surface area contributed by atoms with Gasteiger partial charge in [0.05, 0.1) is 28.6 Å². The maximum Gasteiger partial charge on any atom is 0.329 e. The number of rotatable bonds is 9. The summed E-state index contributed by atoms with van der Waals surface area (Å²) >= 11 is 0. The Hall–Kier alpha value is -4.78. The molecule has 1 heterocycles. The predicted molar refractivity (Wildman–Crippen MR) is 167 cm³/mol. The quantitative estimate of drug-likeness (QED) is 0.281. The van der Waals surface area contributed by atoms with Crippen LogP contribution in [0, 0.1) is 5.82 Å². The number of nitrogens with zero attached hydrogens (tertiary/aromatic N) is 1. The van der Waals surface area contributed by atoms with E-state index in [0.717, 1.165) is 11.0 Å². The van der Waals surface area contributed by atoms with Gasteiger partial charge < -0.3 is 25.4 Å². The van der Waals surface area contributed by atoms with Crippen molar-refractivity contribution in [2.45, 2.75) is 67.9 Å². The van der Waals surface area contributed by atoms with Crippen molar-refractivity contribution in [1.82, 2.24) is 10.2 Å². The first kappa shape index (κ1) is 34.1. The number of carbonyl (C=O) groups is 4. The summed E-state index contributed by atoms with van der Waals surface area (Å²) < 4.78 is 49.0. The molecule has 3 aromatic rings. The summed E-state index contributed by atoms with van der Waals surface area (Å²) in [5.74, 6) is -4.37. The number of carboxylic acid groups (broad SMARTS) is 1. The van der Waals surface area contributed by atoms with Crippen molar-refractivity contribution in [2.24, 2.45) is 0 Å². The highest BCUT2D eigenvalue weighted by Crippen LogP contribution is 2.44. The second-order valence-electron chi connectivity index (χ2n) is 11.9. The molecule has 1 aliphatic rings. The summed E-state index contributed by atoms with van der Waals surface area (Å²) in [6.45, 7) is 5.68. The molecule has 0 aromatic heterocycles. The maximum absolute atomic E-state index is 15.4. The van der Waals surface area contributed by atoms with Crippen molar-refractivity contribution in [3.05, 3.63) is 95.8 Å². The molecule has 1 aliphatic heterocycles. The number of benzene rings is 3. The van der Waals surface area contributed by atoms with E-state index in [4.69, 9.17) is 4.74 Å². The number of anilines is 1. The lowest BCUT2D eigenvalue weighted by molar-refractivity contribution is -0.164. The molecule has 0 bridgehead atoms. The zero-order chi connectivity index (χ0) is 33.8.